The lowest BCUT2D eigenvalue weighted by molar-refractivity contribution is 0.0957. The van der Waals surface area contributed by atoms with Crippen LogP contribution in [-0.2, 0) is 4.74 Å². The van der Waals surface area contributed by atoms with Crippen LogP contribution in [0.3, 0.4) is 0 Å². The monoisotopic (exact) mass is 220 g/mol. The normalized spacial score (nSPS) is 10.4. The van der Waals surface area contributed by atoms with E-state index in [1.807, 2.05) is 25.1 Å². The summed E-state index contributed by atoms with van der Waals surface area (Å²) in [5, 5.41) is 0.902. The molecule has 0 aliphatic rings. The summed E-state index contributed by atoms with van der Waals surface area (Å²) in [5.74, 6) is 0.152. The molecule has 0 atom stereocenters. The molecule has 0 unspecified atom stereocenters. The molecule has 0 fully saturated rings. The van der Waals surface area contributed by atoms with E-state index in [1.54, 1.807) is 13.0 Å². The molecule has 0 saturated carbocycles. The van der Waals surface area contributed by atoms with Gasteiger partial charge in [-0.2, -0.15) is 0 Å². The zero-order chi connectivity index (χ0) is 11.5. The number of hydrogen-bond acceptors (Lipinski definition) is 4. The topological polar surface area (TPSA) is 48.7 Å². The minimum atomic E-state index is -0.752. The highest BCUT2D eigenvalue weighted by Crippen LogP contribution is 2.25. The maximum absolute atomic E-state index is 11.1. The van der Waals surface area contributed by atoms with E-state index in [-0.39, 0.29) is 12.6 Å². The molecule has 0 aliphatic heterocycles. The number of hydrogen-bond donors (Lipinski definition) is 0. The van der Waals surface area contributed by atoms with Crippen molar-refractivity contribution in [2.24, 2.45) is 0 Å². The van der Waals surface area contributed by atoms with E-state index in [4.69, 9.17) is 9.15 Å². The lowest BCUT2D eigenvalue weighted by Crippen LogP contribution is -2.09. The second kappa shape index (κ2) is 4.26. The quantitative estimate of drug-likeness (QED) is 0.729. The Labute approximate surface area is 92.8 Å². The summed E-state index contributed by atoms with van der Waals surface area (Å²) in [4.78, 5) is 11.1. The van der Waals surface area contributed by atoms with E-state index in [2.05, 4.69) is 4.74 Å². The maximum atomic E-state index is 11.1. The molecule has 4 heteroatoms. The van der Waals surface area contributed by atoms with Crippen molar-refractivity contribution in [1.82, 2.24) is 0 Å². The smallest absolute Gasteiger partial charge is 0.434 e. The van der Waals surface area contributed by atoms with Crippen molar-refractivity contribution in [3.63, 3.8) is 0 Å². The average molecular weight is 220 g/mol. The van der Waals surface area contributed by atoms with Gasteiger partial charge in [-0.05, 0) is 26.0 Å². The number of fused-ring (bicyclic) bond motifs is 1. The number of aryl methyl sites for hydroxylation is 1. The third kappa shape index (κ3) is 2.16. The van der Waals surface area contributed by atoms with Gasteiger partial charge < -0.3 is 13.9 Å². The molecule has 0 N–H and O–H groups in total. The predicted molar refractivity (Wildman–Crippen MR) is 58.6 cm³/mol. The molecule has 2 aromatic rings. The van der Waals surface area contributed by atoms with Crippen molar-refractivity contribution in [3.05, 3.63) is 29.8 Å². The largest absolute Gasteiger partial charge is 0.516 e. The standard InChI is InChI=1S/C12H12O4/c1-3-14-12(13)16-11-7-9-6-8(2)4-5-10(9)15-11/h4-7H,3H2,1-2H3. The Morgan fingerprint density at radius 3 is 2.94 bits per heavy atom. The van der Waals surface area contributed by atoms with Crippen LogP contribution in [0.15, 0.2) is 28.7 Å². The summed E-state index contributed by atoms with van der Waals surface area (Å²) < 4.78 is 14.8. The molecule has 2 rings (SSSR count). The Morgan fingerprint density at radius 2 is 2.19 bits per heavy atom. The minimum Gasteiger partial charge on any atom is -0.434 e. The Balaban J connectivity index is 2.23. The summed E-state index contributed by atoms with van der Waals surface area (Å²) in [5.41, 5.74) is 1.81. The van der Waals surface area contributed by atoms with Gasteiger partial charge in [0.15, 0.2) is 0 Å². The minimum absolute atomic E-state index is 0.152. The van der Waals surface area contributed by atoms with Gasteiger partial charge >= 0.3 is 6.16 Å². The lowest BCUT2D eigenvalue weighted by atomic mass is 10.2. The molecule has 0 bridgehead atoms. The van der Waals surface area contributed by atoms with Gasteiger partial charge in [-0.3, -0.25) is 0 Å². The van der Waals surface area contributed by atoms with Crippen LogP contribution in [0.1, 0.15) is 12.5 Å². The van der Waals surface area contributed by atoms with Crippen molar-refractivity contribution in [3.8, 4) is 5.95 Å². The van der Waals surface area contributed by atoms with Crippen molar-refractivity contribution in [2.75, 3.05) is 6.61 Å². The highest BCUT2D eigenvalue weighted by atomic mass is 16.8. The highest BCUT2D eigenvalue weighted by molar-refractivity contribution is 5.80. The first-order chi connectivity index (χ1) is 7.69. The first-order valence-electron chi connectivity index (χ1n) is 5.04. The number of ether oxygens (including phenoxy) is 2. The number of furan rings is 1. The van der Waals surface area contributed by atoms with E-state index >= 15 is 0 Å². The van der Waals surface area contributed by atoms with E-state index in [9.17, 15) is 4.79 Å². The first-order valence-corrected chi connectivity index (χ1v) is 5.04. The molecular weight excluding hydrogens is 208 g/mol. The fraction of sp³-hybridized carbons (Fsp3) is 0.250. The van der Waals surface area contributed by atoms with E-state index < -0.39 is 6.16 Å². The third-order valence-electron chi connectivity index (χ3n) is 2.10. The SMILES string of the molecule is CCOC(=O)Oc1cc2cc(C)ccc2o1. The fourth-order valence-electron chi connectivity index (χ4n) is 1.42. The van der Waals surface area contributed by atoms with Crippen LogP contribution in [0.5, 0.6) is 5.95 Å². The molecule has 1 aromatic heterocycles. The Bertz CT molecular complexity index is 513. The van der Waals surface area contributed by atoms with Crippen molar-refractivity contribution < 1.29 is 18.7 Å². The van der Waals surface area contributed by atoms with Gasteiger partial charge in [0, 0.05) is 11.5 Å². The number of benzene rings is 1. The van der Waals surface area contributed by atoms with Gasteiger partial charge in [-0.25, -0.2) is 4.79 Å². The van der Waals surface area contributed by atoms with Crippen LogP contribution in [0.4, 0.5) is 4.79 Å². The van der Waals surface area contributed by atoms with E-state index in [1.165, 1.54) is 0 Å². The molecule has 1 aromatic carbocycles. The summed E-state index contributed by atoms with van der Waals surface area (Å²) >= 11 is 0. The van der Waals surface area contributed by atoms with E-state index in [0.717, 1.165) is 10.9 Å². The lowest BCUT2D eigenvalue weighted by Gasteiger charge is -1.98. The molecule has 0 saturated heterocycles. The van der Waals surface area contributed by atoms with Gasteiger partial charge in [0.05, 0.1) is 6.61 Å². The molecule has 1 heterocycles. The predicted octanol–water partition coefficient (Wildman–Crippen LogP) is 3.28. The van der Waals surface area contributed by atoms with Gasteiger partial charge in [0.25, 0.3) is 5.95 Å². The van der Waals surface area contributed by atoms with Gasteiger partial charge in [-0.15, -0.1) is 0 Å². The maximum Gasteiger partial charge on any atom is 0.516 e. The van der Waals surface area contributed by atoms with Crippen molar-refractivity contribution >= 4 is 17.1 Å². The van der Waals surface area contributed by atoms with Crippen LogP contribution in [-0.4, -0.2) is 12.8 Å². The number of rotatable bonds is 2. The first kappa shape index (κ1) is 10.5. The Hall–Kier alpha value is -1.97. The molecule has 16 heavy (non-hydrogen) atoms. The molecule has 0 amide bonds. The second-order valence-corrected chi connectivity index (χ2v) is 3.39. The third-order valence-corrected chi connectivity index (χ3v) is 2.10. The van der Waals surface area contributed by atoms with Crippen molar-refractivity contribution in [1.29, 1.82) is 0 Å². The van der Waals surface area contributed by atoms with Crippen LogP contribution < -0.4 is 4.74 Å². The van der Waals surface area contributed by atoms with Crippen LogP contribution in [0.25, 0.3) is 11.0 Å². The zero-order valence-electron chi connectivity index (χ0n) is 9.15. The molecule has 0 radical (unpaired) electrons. The fourth-order valence-corrected chi connectivity index (χ4v) is 1.42. The van der Waals surface area contributed by atoms with Gasteiger partial charge in [0.1, 0.15) is 5.58 Å². The van der Waals surface area contributed by atoms with Gasteiger partial charge in [0.2, 0.25) is 0 Å². The summed E-state index contributed by atoms with van der Waals surface area (Å²) in [6.07, 6.45) is -0.752. The van der Waals surface area contributed by atoms with Crippen molar-refractivity contribution in [2.45, 2.75) is 13.8 Å². The molecular formula is C12H12O4. The summed E-state index contributed by atoms with van der Waals surface area (Å²) in [6, 6.07) is 7.39. The molecule has 0 aliphatic carbocycles. The summed E-state index contributed by atoms with van der Waals surface area (Å²) in [6.45, 7) is 3.97. The average Bonchev–Trinajstić information content (AvgIpc) is 2.59. The van der Waals surface area contributed by atoms with Crippen LogP contribution in [0, 0.1) is 6.92 Å². The Morgan fingerprint density at radius 1 is 1.38 bits per heavy atom. The molecule has 0 spiro atoms. The number of carbonyl (C=O) groups is 1. The second-order valence-electron chi connectivity index (χ2n) is 3.39. The highest BCUT2D eigenvalue weighted by Gasteiger charge is 2.10. The Kier molecular flexibility index (Phi) is 2.81. The van der Waals surface area contributed by atoms with Crippen LogP contribution in [0.2, 0.25) is 0 Å². The summed E-state index contributed by atoms with van der Waals surface area (Å²) in [7, 11) is 0. The zero-order valence-corrected chi connectivity index (χ0v) is 9.15. The van der Waals surface area contributed by atoms with Gasteiger partial charge in [-0.1, -0.05) is 11.6 Å². The molecule has 4 nitrogen and oxygen atoms in total. The van der Waals surface area contributed by atoms with E-state index in [0.29, 0.717) is 5.58 Å². The van der Waals surface area contributed by atoms with Crippen LogP contribution >= 0.6 is 0 Å². The molecule has 84 valence electrons. The number of carbonyl (C=O) groups excluding carboxylic acids is 1.